The third-order valence-corrected chi connectivity index (χ3v) is 6.28. The van der Waals surface area contributed by atoms with Crippen LogP contribution in [-0.4, -0.2) is 58.8 Å². The lowest BCUT2D eigenvalue weighted by atomic mass is 9.94. The van der Waals surface area contributed by atoms with E-state index >= 15 is 0 Å². The first-order valence-corrected chi connectivity index (χ1v) is 11.4. The standard InChI is InChI=1S/C26H25N3O7/c1-33-18-6-5-17(13-20(18)34-2)24(30)22-23(16-4-7-19-21(12-16)36-15-35-19)29(26(32)25(22)31)10-3-9-28-11-8-27-14-28/h4-8,11-14,23,30H,3,9-10,15H2,1-2H3/t23-/m0/s1. The van der Waals surface area contributed by atoms with Crippen molar-refractivity contribution < 1.29 is 33.6 Å². The molecule has 2 aliphatic heterocycles. The summed E-state index contributed by atoms with van der Waals surface area (Å²) in [6.07, 6.45) is 5.80. The zero-order valence-corrected chi connectivity index (χ0v) is 19.8. The van der Waals surface area contributed by atoms with Crippen LogP contribution in [0.2, 0.25) is 0 Å². The van der Waals surface area contributed by atoms with E-state index in [0.717, 1.165) is 0 Å². The molecule has 5 rings (SSSR count). The Hall–Kier alpha value is -4.47. The van der Waals surface area contributed by atoms with Gasteiger partial charge in [-0.3, -0.25) is 9.59 Å². The Labute approximate surface area is 207 Å². The van der Waals surface area contributed by atoms with E-state index in [4.69, 9.17) is 18.9 Å². The van der Waals surface area contributed by atoms with Crippen LogP contribution in [0.1, 0.15) is 23.6 Å². The summed E-state index contributed by atoms with van der Waals surface area (Å²) >= 11 is 0. The monoisotopic (exact) mass is 491 g/mol. The molecule has 10 nitrogen and oxygen atoms in total. The highest BCUT2D eigenvalue weighted by molar-refractivity contribution is 6.46. The number of Topliss-reactive ketones (excluding diaryl/α,β-unsaturated/α-hetero) is 1. The summed E-state index contributed by atoms with van der Waals surface area (Å²) in [5.41, 5.74) is 0.951. The Bertz CT molecular complexity index is 1330. The second-order valence-corrected chi connectivity index (χ2v) is 8.33. The molecule has 36 heavy (non-hydrogen) atoms. The maximum atomic E-state index is 13.3. The van der Waals surface area contributed by atoms with Crippen LogP contribution in [0.4, 0.5) is 0 Å². The smallest absolute Gasteiger partial charge is 0.295 e. The van der Waals surface area contributed by atoms with E-state index in [1.807, 2.05) is 10.8 Å². The molecule has 0 bridgehead atoms. The van der Waals surface area contributed by atoms with Gasteiger partial charge in [0, 0.05) is 31.0 Å². The number of amides is 1. The van der Waals surface area contributed by atoms with Crippen molar-refractivity contribution in [1.29, 1.82) is 0 Å². The molecule has 1 saturated heterocycles. The van der Waals surface area contributed by atoms with Crippen molar-refractivity contribution in [3.63, 3.8) is 0 Å². The summed E-state index contributed by atoms with van der Waals surface area (Å²) in [5, 5.41) is 11.3. The van der Waals surface area contributed by atoms with Crippen LogP contribution >= 0.6 is 0 Å². The number of methoxy groups -OCH3 is 2. The summed E-state index contributed by atoms with van der Waals surface area (Å²) in [7, 11) is 2.99. The summed E-state index contributed by atoms with van der Waals surface area (Å²) in [4.78, 5) is 32.0. The third-order valence-electron chi connectivity index (χ3n) is 6.28. The van der Waals surface area contributed by atoms with Crippen molar-refractivity contribution in [2.24, 2.45) is 0 Å². The number of aryl methyl sites for hydroxylation is 1. The third kappa shape index (κ3) is 4.10. The second-order valence-electron chi connectivity index (χ2n) is 8.33. The van der Waals surface area contributed by atoms with Crippen molar-refractivity contribution >= 4 is 17.4 Å². The van der Waals surface area contributed by atoms with Crippen molar-refractivity contribution in [3.8, 4) is 23.0 Å². The van der Waals surface area contributed by atoms with Gasteiger partial charge in [0.15, 0.2) is 23.0 Å². The maximum absolute atomic E-state index is 13.3. The summed E-state index contributed by atoms with van der Waals surface area (Å²) in [6.45, 7) is 1.01. The predicted molar refractivity (Wildman–Crippen MR) is 128 cm³/mol. The number of ketones is 1. The van der Waals surface area contributed by atoms with Crippen molar-refractivity contribution in [2.75, 3.05) is 27.6 Å². The van der Waals surface area contributed by atoms with Crippen LogP contribution in [0.25, 0.3) is 5.76 Å². The van der Waals surface area contributed by atoms with Crippen LogP contribution < -0.4 is 18.9 Å². The molecule has 2 aromatic carbocycles. The molecular weight excluding hydrogens is 466 g/mol. The van der Waals surface area contributed by atoms with Gasteiger partial charge in [0.05, 0.1) is 32.2 Å². The van der Waals surface area contributed by atoms with Crippen molar-refractivity contribution in [1.82, 2.24) is 14.5 Å². The van der Waals surface area contributed by atoms with Gasteiger partial charge in [0.25, 0.3) is 11.7 Å². The SMILES string of the molecule is COc1ccc(C(O)=C2C(=O)C(=O)N(CCCn3ccnc3)[C@H]2c2ccc3c(c2)OCO3)cc1OC. The molecule has 186 valence electrons. The van der Waals surface area contributed by atoms with Gasteiger partial charge in [-0.1, -0.05) is 6.07 Å². The number of aliphatic hydroxyl groups is 1. The average Bonchev–Trinajstić information content (AvgIpc) is 3.64. The lowest BCUT2D eigenvalue weighted by Gasteiger charge is -2.25. The minimum Gasteiger partial charge on any atom is -0.507 e. The number of carbonyl (C=O) groups excluding carboxylic acids is 2. The summed E-state index contributed by atoms with van der Waals surface area (Å²) in [5.74, 6) is 0.224. The first-order chi connectivity index (χ1) is 17.5. The molecule has 0 unspecified atom stereocenters. The minimum absolute atomic E-state index is 0.00582. The van der Waals surface area contributed by atoms with Gasteiger partial charge in [-0.2, -0.15) is 0 Å². The fourth-order valence-corrected chi connectivity index (χ4v) is 4.52. The number of nitrogens with zero attached hydrogens (tertiary/aromatic N) is 3. The Morgan fingerprint density at radius 1 is 1.06 bits per heavy atom. The lowest BCUT2D eigenvalue weighted by molar-refractivity contribution is -0.139. The molecular formula is C26H25N3O7. The summed E-state index contributed by atoms with van der Waals surface area (Å²) < 4.78 is 23.5. The molecule has 0 spiro atoms. The van der Waals surface area contributed by atoms with Crippen molar-refractivity contribution in [2.45, 2.75) is 19.0 Å². The molecule has 3 aromatic rings. The number of benzene rings is 2. The maximum Gasteiger partial charge on any atom is 0.295 e. The number of ether oxygens (including phenoxy) is 4. The number of imidazole rings is 1. The molecule has 0 saturated carbocycles. The van der Waals surface area contributed by atoms with E-state index in [1.54, 1.807) is 48.9 Å². The molecule has 2 aliphatic rings. The van der Waals surface area contributed by atoms with Gasteiger partial charge in [-0.05, 0) is 42.3 Å². The van der Waals surface area contributed by atoms with E-state index in [-0.39, 0.29) is 18.1 Å². The number of fused-ring (bicyclic) bond motifs is 1. The topological polar surface area (TPSA) is 112 Å². The molecule has 1 N–H and O–H groups in total. The van der Waals surface area contributed by atoms with Crippen LogP contribution in [0.5, 0.6) is 23.0 Å². The van der Waals surface area contributed by atoms with E-state index in [2.05, 4.69) is 4.98 Å². The highest BCUT2D eigenvalue weighted by Crippen LogP contribution is 2.43. The predicted octanol–water partition coefficient (Wildman–Crippen LogP) is 3.14. The number of hydrogen-bond acceptors (Lipinski definition) is 8. The summed E-state index contributed by atoms with van der Waals surface area (Å²) in [6, 6.07) is 9.25. The van der Waals surface area contributed by atoms with E-state index in [0.29, 0.717) is 53.6 Å². The molecule has 3 heterocycles. The highest BCUT2D eigenvalue weighted by atomic mass is 16.7. The number of aromatic nitrogens is 2. The van der Waals surface area contributed by atoms with Crippen LogP contribution in [0.15, 0.2) is 60.7 Å². The molecule has 1 atom stereocenters. The fourth-order valence-electron chi connectivity index (χ4n) is 4.52. The Morgan fingerprint density at radius 2 is 1.86 bits per heavy atom. The number of rotatable bonds is 8. The van der Waals surface area contributed by atoms with Gasteiger partial charge >= 0.3 is 0 Å². The molecule has 1 amide bonds. The Kier molecular flexibility index (Phi) is 6.24. The highest BCUT2D eigenvalue weighted by Gasteiger charge is 2.46. The molecule has 10 heteroatoms. The number of carbonyl (C=O) groups is 2. The Balaban J connectivity index is 1.56. The van der Waals surface area contributed by atoms with Gasteiger partial charge < -0.3 is 33.5 Å². The minimum atomic E-state index is -0.810. The van der Waals surface area contributed by atoms with Gasteiger partial charge in [-0.25, -0.2) is 4.98 Å². The normalized spacial score (nSPS) is 18.1. The van der Waals surface area contributed by atoms with Crippen LogP contribution in [0.3, 0.4) is 0 Å². The Morgan fingerprint density at radius 3 is 2.61 bits per heavy atom. The molecule has 0 aliphatic carbocycles. The average molecular weight is 492 g/mol. The number of hydrogen-bond donors (Lipinski definition) is 1. The van der Waals surface area contributed by atoms with E-state index < -0.39 is 17.7 Å². The quantitative estimate of drug-likeness (QED) is 0.291. The number of aliphatic hydroxyl groups excluding tert-OH is 1. The lowest BCUT2D eigenvalue weighted by Crippen LogP contribution is -2.31. The second kappa shape index (κ2) is 9.65. The molecule has 0 radical (unpaired) electrons. The first-order valence-electron chi connectivity index (χ1n) is 11.4. The molecule has 1 fully saturated rings. The van der Waals surface area contributed by atoms with E-state index in [1.165, 1.54) is 19.1 Å². The zero-order valence-electron chi connectivity index (χ0n) is 19.8. The van der Waals surface area contributed by atoms with Gasteiger partial charge in [0.1, 0.15) is 5.76 Å². The van der Waals surface area contributed by atoms with Crippen LogP contribution in [-0.2, 0) is 16.1 Å². The van der Waals surface area contributed by atoms with Gasteiger partial charge in [0.2, 0.25) is 6.79 Å². The molecule has 1 aromatic heterocycles. The zero-order chi connectivity index (χ0) is 25.2. The number of likely N-dealkylation sites (tertiary alicyclic amines) is 1. The van der Waals surface area contributed by atoms with Crippen molar-refractivity contribution in [3.05, 3.63) is 71.8 Å². The van der Waals surface area contributed by atoms with E-state index in [9.17, 15) is 14.7 Å². The first kappa shape index (κ1) is 23.3. The largest absolute Gasteiger partial charge is 0.507 e. The fraction of sp³-hybridized carbons (Fsp3) is 0.269. The van der Waals surface area contributed by atoms with Crippen LogP contribution in [0, 0.1) is 0 Å². The van der Waals surface area contributed by atoms with Gasteiger partial charge in [-0.15, -0.1) is 0 Å².